The molecule has 1 saturated heterocycles. The normalized spacial score (nSPS) is 19.5. The Morgan fingerprint density at radius 1 is 1.18 bits per heavy atom. The number of halogens is 2. The van der Waals surface area contributed by atoms with Gasteiger partial charge in [0, 0.05) is 25.4 Å². The summed E-state index contributed by atoms with van der Waals surface area (Å²) in [7, 11) is 0. The molecule has 1 aromatic rings. The molecule has 0 saturated carbocycles. The van der Waals surface area contributed by atoms with Gasteiger partial charge in [0.2, 0.25) is 0 Å². The molecule has 2 aliphatic rings. The van der Waals surface area contributed by atoms with Crippen molar-refractivity contribution in [1.29, 1.82) is 0 Å². The van der Waals surface area contributed by atoms with Crippen molar-refractivity contribution in [2.75, 3.05) is 31.6 Å². The van der Waals surface area contributed by atoms with Gasteiger partial charge in [-0.25, -0.2) is 4.98 Å². The van der Waals surface area contributed by atoms with Crippen LogP contribution < -0.4 is 10.6 Å². The van der Waals surface area contributed by atoms with Gasteiger partial charge in [-0.1, -0.05) is 6.07 Å². The highest BCUT2D eigenvalue weighted by Crippen LogP contribution is 2.20. The maximum absolute atomic E-state index is 5.84. The minimum absolute atomic E-state index is 0. The van der Waals surface area contributed by atoms with E-state index >= 15 is 0 Å². The van der Waals surface area contributed by atoms with Gasteiger partial charge in [-0.05, 0) is 56.7 Å². The first-order valence-electron chi connectivity index (χ1n) is 7.97. The van der Waals surface area contributed by atoms with Crippen LogP contribution in [0.3, 0.4) is 0 Å². The maximum atomic E-state index is 5.84. The van der Waals surface area contributed by atoms with E-state index < -0.39 is 0 Å². The smallest absolute Gasteiger partial charge is 0.129 e. The molecule has 2 N–H and O–H groups in total. The van der Waals surface area contributed by atoms with Crippen molar-refractivity contribution in [2.45, 2.75) is 44.6 Å². The van der Waals surface area contributed by atoms with Crippen LogP contribution >= 0.6 is 24.8 Å². The molecule has 22 heavy (non-hydrogen) atoms. The van der Waals surface area contributed by atoms with E-state index in [2.05, 4.69) is 22.8 Å². The van der Waals surface area contributed by atoms with Gasteiger partial charge in [0.05, 0.1) is 6.10 Å². The van der Waals surface area contributed by atoms with Crippen LogP contribution in [0.25, 0.3) is 0 Å². The van der Waals surface area contributed by atoms with E-state index in [0.29, 0.717) is 6.10 Å². The molecule has 0 aromatic carbocycles. The van der Waals surface area contributed by atoms with Crippen LogP contribution in [0.15, 0.2) is 12.1 Å². The summed E-state index contributed by atoms with van der Waals surface area (Å²) in [6.45, 7) is 4.08. The van der Waals surface area contributed by atoms with E-state index in [1.807, 2.05) is 0 Å². The van der Waals surface area contributed by atoms with Crippen LogP contribution in [0.2, 0.25) is 0 Å². The molecule has 126 valence electrons. The summed E-state index contributed by atoms with van der Waals surface area (Å²) in [5.41, 5.74) is 2.58. The molecule has 0 bridgehead atoms. The molecule has 0 aliphatic carbocycles. The van der Waals surface area contributed by atoms with E-state index in [0.717, 1.165) is 57.7 Å². The van der Waals surface area contributed by atoms with Gasteiger partial charge in [0.15, 0.2) is 0 Å². The van der Waals surface area contributed by atoms with Gasteiger partial charge in [0.1, 0.15) is 5.82 Å². The number of nitrogens with zero attached hydrogens (tertiary/aromatic N) is 1. The molecule has 4 nitrogen and oxygen atoms in total. The Kier molecular flexibility index (Phi) is 9.10. The van der Waals surface area contributed by atoms with Crippen molar-refractivity contribution in [3.63, 3.8) is 0 Å². The van der Waals surface area contributed by atoms with Gasteiger partial charge in [-0.15, -0.1) is 24.8 Å². The number of unbranched alkanes of at least 4 members (excludes halogenated alkanes) is 1. The van der Waals surface area contributed by atoms with Crippen molar-refractivity contribution in [1.82, 2.24) is 10.3 Å². The number of pyridine rings is 1. The van der Waals surface area contributed by atoms with Gasteiger partial charge < -0.3 is 15.4 Å². The number of hydrogen-bond donors (Lipinski definition) is 2. The second kappa shape index (κ2) is 10.3. The third-order valence-corrected chi connectivity index (χ3v) is 4.15. The lowest BCUT2D eigenvalue weighted by atomic mass is 10.1. The Bertz CT molecular complexity index is 439. The zero-order chi connectivity index (χ0) is 13.6. The number of ether oxygens (including phenoxy) is 1. The monoisotopic (exact) mass is 347 g/mol. The Hall–Kier alpha value is -0.550. The van der Waals surface area contributed by atoms with E-state index in [1.54, 1.807) is 0 Å². The third-order valence-electron chi connectivity index (χ3n) is 4.15. The minimum atomic E-state index is 0. The second-order valence-corrected chi connectivity index (χ2v) is 5.78. The van der Waals surface area contributed by atoms with Gasteiger partial charge in [-0.3, -0.25) is 0 Å². The predicted molar refractivity (Wildman–Crippen MR) is 95.7 cm³/mol. The van der Waals surface area contributed by atoms with Crippen LogP contribution in [0, 0.1) is 0 Å². The molecule has 1 unspecified atom stereocenters. The fourth-order valence-electron chi connectivity index (χ4n) is 2.94. The lowest BCUT2D eigenvalue weighted by Gasteiger charge is -2.17. The van der Waals surface area contributed by atoms with Crippen LogP contribution in [-0.4, -0.2) is 37.3 Å². The number of fused-ring (bicyclic) bond motifs is 1. The molecule has 0 amide bonds. The van der Waals surface area contributed by atoms with Crippen molar-refractivity contribution in [2.24, 2.45) is 0 Å². The molecule has 1 aromatic heterocycles. The lowest BCUT2D eigenvalue weighted by Crippen LogP contribution is -2.17. The lowest BCUT2D eigenvalue weighted by molar-refractivity contribution is 0.0645. The number of aryl methyl sites for hydroxylation is 2. The zero-order valence-corrected chi connectivity index (χ0v) is 14.6. The number of rotatable bonds is 6. The molecule has 0 radical (unpaired) electrons. The molecule has 6 heteroatoms. The SMILES string of the molecule is Cl.Cl.c1cc2c(nc1CCCCOC1CCNC1)NCCC2. The fourth-order valence-corrected chi connectivity index (χ4v) is 2.94. The number of nitrogens with one attached hydrogen (secondary N) is 2. The maximum Gasteiger partial charge on any atom is 0.129 e. The third kappa shape index (κ3) is 5.58. The molecular weight excluding hydrogens is 321 g/mol. The molecule has 1 fully saturated rings. The first-order chi connectivity index (χ1) is 9.92. The Morgan fingerprint density at radius 2 is 2.09 bits per heavy atom. The average Bonchev–Trinajstić information content (AvgIpc) is 3.00. The highest BCUT2D eigenvalue weighted by Gasteiger charge is 2.14. The van der Waals surface area contributed by atoms with Crippen molar-refractivity contribution in [3.05, 3.63) is 23.4 Å². The fraction of sp³-hybridized carbons (Fsp3) is 0.688. The summed E-state index contributed by atoms with van der Waals surface area (Å²) in [5, 5.41) is 6.73. The van der Waals surface area contributed by atoms with Crippen LogP contribution in [0.1, 0.15) is 36.9 Å². The standard InChI is InChI=1S/C16H25N3O.2ClH/c1(2-11-20-15-8-10-17-12-15)5-14-7-6-13-4-3-9-18-16(13)19-14;;/h6-7,15,17H,1-5,8-12H2,(H,18,19);2*1H. The number of hydrogen-bond acceptors (Lipinski definition) is 4. The number of anilines is 1. The van der Waals surface area contributed by atoms with E-state index in [9.17, 15) is 0 Å². The molecular formula is C16H27Cl2N3O. The summed E-state index contributed by atoms with van der Waals surface area (Å²) in [5.74, 6) is 1.11. The minimum Gasteiger partial charge on any atom is -0.377 e. The van der Waals surface area contributed by atoms with Crippen molar-refractivity contribution >= 4 is 30.6 Å². The van der Waals surface area contributed by atoms with Crippen LogP contribution in [-0.2, 0) is 17.6 Å². The summed E-state index contributed by atoms with van der Waals surface area (Å²) < 4.78 is 5.84. The Balaban J connectivity index is 0.00000121. The number of aromatic nitrogens is 1. The van der Waals surface area contributed by atoms with Gasteiger partial charge in [0.25, 0.3) is 0 Å². The largest absolute Gasteiger partial charge is 0.377 e. The summed E-state index contributed by atoms with van der Waals surface area (Å²) >= 11 is 0. The Labute approximate surface area is 145 Å². The molecule has 3 rings (SSSR count). The molecule has 3 heterocycles. The summed E-state index contributed by atoms with van der Waals surface area (Å²) in [6, 6.07) is 4.43. The van der Waals surface area contributed by atoms with E-state index in [4.69, 9.17) is 9.72 Å². The second-order valence-electron chi connectivity index (χ2n) is 5.78. The van der Waals surface area contributed by atoms with Crippen LogP contribution in [0.5, 0.6) is 0 Å². The molecule has 2 aliphatic heterocycles. The molecule has 1 atom stereocenters. The zero-order valence-electron chi connectivity index (χ0n) is 13.0. The highest BCUT2D eigenvalue weighted by molar-refractivity contribution is 5.85. The van der Waals surface area contributed by atoms with Crippen molar-refractivity contribution in [3.8, 4) is 0 Å². The first kappa shape index (κ1) is 19.5. The van der Waals surface area contributed by atoms with E-state index in [-0.39, 0.29) is 24.8 Å². The predicted octanol–water partition coefficient (Wildman–Crippen LogP) is 2.98. The topological polar surface area (TPSA) is 46.2 Å². The molecule has 0 spiro atoms. The quantitative estimate of drug-likeness (QED) is 0.776. The van der Waals surface area contributed by atoms with Crippen molar-refractivity contribution < 1.29 is 4.74 Å². The average molecular weight is 348 g/mol. The first-order valence-corrected chi connectivity index (χ1v) is 7.97. The van der Waals surface area contributed by atoms with E-state index in [1.165, 1.54) is 24.1 Å². The summed E-state index contributed by atoms with van der Waals surface area (Å²) in [4.78, 5) is 4.73. The van der Waals surface area contributed by atoms with Gasteiger partial charge >= 0.3 is 0 Å². The van der Waals surface area contributed by atoms with Gasteiger partial charge in [-0.2, -0.15) is 0 Å². The highest BCUT2D eigenvalue weighted by atomic mass is 35.5. The Morgan fingerprint density at radius 3 is 2.91 bits per heavy atom. The van der Waals surface area contributed by atoms with Crippen LogP contribution in [0.4, 0.5) is 5.82 Å². The summed E-state index contributed by atoms with van der Waals surface area (Å²) in [6.07, 6.45) is 7.34.